The summed E-state index contributed by atoms with van der Waals surface area (Å²) < 4.78 is 47.1. The van der Waals surface area contributed by atoms with E-state index < -0.39 is 34.1 Å². The molecular formula is C30H31F2NO4S2. The van der Waals surface area contributed by atoms with E-state index in [1.165, 1.54) is 0 Å². The molecule has 39 heavy (non-hydrogen) atoms. The first-order chi connectivity index (χ1) is 18.8. The Bertz CT molecular complexity index is 1480. The molecule has 2 aliphatic rings. The maximum absolute atomic E-state index is 14.5. The van der Waals surface area contributed by atoms with E-state index in [9.17, 15) is 22.9 Å². The molecule has 0 aliphatic heterocycles. The number of allylic oxidation sites excluding steroid dienone is 3. The highest BCUT2D eigenvalue weighted by Crippen LogP contribution is 2.42. The summed E-state index contributed by atoms with van der Waals surface area (Å²) in [5.41, 5.74) is 1.73. The van der Waals surface area contributed by atoms with Gasteiger partial charge in [0.15, 0.2) is 0 Å². The lowest BCUT2D eigenvalue weighted by Gasteiger charge is -2.35. The number of methoxy groups -OCH3 is 1. The second-order valence-electron chi connectivity index (χ2n) is 10.1. The van der Waals surface area contributed by atoms with Crippen molar-refractivity contribution in [1.82, 2.24) is 4.90 Å². The number of ether oxygens (including phenoxy) is 1. The van der Waals surface area contributed by atoms with E-state index in [1.54, 1.807) is 18.3 Å². The van der Waals surface area contributed by atoms with Crippen LogP contribution in [0.4, 0.5) is 8.78 Å². The maximum Gasteiger partial charge on any atom is 0.268 e. The third kappa shape index (κ3) is 5.39. The first-order valence-electron chi connectivity index (χ1n) is 13.0. The highest BCUT2D eigenvalue weighted by Gasteiger charge is 2.32. The van der Waals surface area contributed by atoms with Gasteiger partial charge in [-0.05, 0) is 42.7 Å². The third-order valence-electron chi connectivity index (χ3n) is 7.68. The van der Waals surface area contributed by atoms with Gasteiger partial charge in [0.25, 0.3) is 5.91 Å². The fraction of sp³-hybridized carbons (Fsp3) is 0.367. The molecule has 0 radical (unpaired) electrons. The number of aromatic hydroxyl groups is 1. The summed E-state index contributed by atoms with van der Waals surface area (Å²) in [4.78, 5) is 15.7. The van der Waals surface area contributed by atoms with Crippen LogP contribution in [0, 0.1) is 11.6 Å². The molecular weight excluding hydrogens is 540 g/mol. The maximum atomic E-state index is 14.5. The number of fused-ring (bicyclic) bond motifs is 1. The summed E-state index contributed by atoms with van der Waals surface area (Å²) in [5.74, 6) is -1.92. The fourth-order valence-electron chi connectivity index (χ4n) is 5.67. The van der Waals surface area contributed by atoms with Crippen LogP contribution in [-0.4, -0.2) is 44.8 Å². The smallest absolute Gasteiger partial charge is 0.268 e. The quantitative estimate of drug-likeness (QED) is 0.338. The largest absolute Gasteiger partial charge is 0.505 e. The molecule has 1 fully saturated rings. The molecule has 1 heterocycles. The summed E-state index contributed by atoms with van der Waals surface area (Å²) in [6.07, 6.45) is 14.1. The number of thiophene rings is 1. The standard InChI is InChI=1S/C30H31F2NO4S2/c1-37-24-15-12-18(21-10-6-7-11-25(21)39(2)36)16-19(24)17-33(20-8-4-3-5-9-20)30(35)29-27(34)26-22(31)13-14-23(32)28(26)38-29/h6-7,10-16,20-21,25,34H,3-5,8-9,17H2,1-2H3. The molecule has 0 bridgehead atoms. The normalized spacial score (nSPS) is 20.3. The molecule has 1 N–H and O–H groups in total. The number of carbonyl (C=O) groups excluding carboxylic acids is 1. The minimum atomic E-state index is -1.08. The highest BCUT2D eigenvalue weighted by atomic mass is 32.2. The first kappa shape index (κ1) is 27.5. The molecule has 3 unspecified atom stereocenters. The number of benzene rings is 2. The van der Waals surface area contributed by atoms with Crippen molar-refractivity contribution in [1.29, 1.82) is 0 Å². The summed E-state index contributed by atoms with van der Waals surface area (Å²) in [7, 11) is 0.492. The van der Waals surface area contributed by atoms with Crippen molar-refractivity contribution < 1.29 is 27.6 Å². The van der Waals surface area contributed by atoms with Crippen LogP contribution in [-0.2, 0) is 17.3 Å². The van der Waals surface area contributed by atoms with Crippen LogP contribution >= 0.6 is 11.3 Å². The van der Waals surface area contributed by atoms with Crippen molar-refractivity contribution >= 4 is 38.1 Å². The van der Waals surface area contributed by atoms with Crippen molar-refractivity contribution in [2.45, 2.75) is 55.9 Å². The SMILES string of the molecule is COc1ccc(C2C=CC=CC2S(C)=O)cc1CN(C(=O)c1sc2c(F)ccc(F)c2c1O)C1CCCCC1. The summed E-state index contributed by atoms with van der Waals surface area (Å²) >= 11 is 0.777. The Labute approximate surface area is 233 Å². The Morgan fingerprint density at radius 3 is 2.51 bits per heavy atom. The van der Waals surface area contributed by atoms with Gasteiger partial charge >= 0.3 is 0 Å². The zero-order valence-corrected chi connectivity index (χ0v) is 23.5. The molecule has 3 atom stereocenters. The van der Waals surface area contributed by atoms with Gasteiger partial charge in [0.2, 0.25) is 0 Å². The van der Waals surface area contributed by atoms with Crippen molar-refractivity contribution in [3.63, 3.8) is 0 Å². The molecule has 5 rings (SSSR count). The van der Waals surface area contributed by atoms with Crippen LogP contribution in [0.15, 0.2) is 54.6 Å². The van der Waals surface area contributed by atoms with Crippen LogP contribution in [0.3, 0.4) is 0 Å². The van der Waals surface area contributed by atoms with Crippen LogP contribution in [0.25, 0.3) is 10.1 Å². The molecule has 1 amide bonds. The predicted molar refractivity (Wildman–Crippen MR) is 152 cm³/mol. The number of rotatable bonds is 7. The molecule has 5 nitrogen and oxygen atoms in total. The van der Waals surface area contributed by atoms with Gasteiger partial charge in [-0.2, -0.15) is 0 Å². The van der Waals surface area contributed by atoms with Crippen molar-refractivity contribution in [3.05, 3.63) is 82.3 Å². The van der Waals surface area contributed by atoms with E-state index in [2.05, 4.69) is 0 Å². The van der Waals surface area contributed by atoms with Gasteiger partial charge < -0.3 is 14.7 Å². The predicted octanol–water partition coefficient (Wildman–Crippen LogP) is 6.83. The average Bonchev–Trinajstić information content (AvgIpc) is 3.32. The van der Waals surface area contributed by atoms with Gasteiger partial charge in [-0.1, -0.05) is 49.6 Å². The van der Waals surface area contributed by atoms with E-state index in [-0.39, 0.29) is 38.7 Å². The van der Waals surface area contributed by atoms with Gasteiger partial charge in [0.05, 0.1) is 22.4 Å². The lowest BCUT2D eigenvalue weighted by Crippen LogP contribution is -2.40. The molecule has 1 aromatic heterocycles. The molecule has 2 aliphatic carbocycles. The molecule has 0 saturated heterocycles. The van der Waals surface area contributed by atoms with Crippen molar-refractivity contribution in [2.75, 3.05) is 13.4 Å². The van der Waals surface area contributed by atoms with E-state index in [0.717, 1.165) is 66.7 Å². The zero-order chi connectivity index (χ0) is 27.7. The minimum absolute atomic E-state index is 0.0727. The average molecular weight is 572 g/mol. The molecule has 206 valence electrons. The second-order valence-corrected chi connectivity index (χ2v) is 12.6. The number of hydrogen-bond acceptors (Lipinski definition) is 5. The van der Waals surface area contributed by atoms with Gasteiger partial charge in [-0.3, -0.25) is 9.00 Å². The zero-order valence-electron chi connectivity index (χ0n) is 21.9. The van der Waals surface area contributed by atoms with Crippen LogP contribution in [0.1, 0.15) is 58.8 Å². The molecule has 2 aromatic carbocycles. The second kappa shape index (κ2) is 11.6. The minimum Gasteiger partial charge on any atom is -0.505 e. The van der Waals surface area contributed by atoms with Crippen LogP contribution in [0.2, 0.25) is 0 Å². The van der Waals surface area contributed by atoms with Gasteiger partial charge in [0.1, 0.15) is 28.0 Å². The number of amides is 1. The number of hydrogen-bond donors (Lipinski definition) is 1. The fourth-order valence-corrected chi connectivity index (χ4v) is 7.71. The Morgan fingerprint density at radius 1 is 1.10 bits per heavy atom. The van der Waals surface area contributed by atoms with E-state index in [0.29, 0.717) is 5.75 Å². The molecule has 9 heteroatoms. The highest BCUT2D eigenvalue weighted by molar-refractivity contribution is 7.85. The topological polar surface area (TPSA) is 66.8 Å². The third-order valence-corrected chi connectivity index (χ3v) is 10.1. The van der Waals surface area contributed by atoms with Gasteiger partial charge in [-0.25, -0.2) is 8.78 Å². The van der Waals surface area contributed by atoms with Crippen molar-refractivity contribution in [2.24, 2.45) is 0 Å². The monoisotopic (exact) mass is 571 g/mol. The summed E-state index contributed by atoms with van der Waals surface area (Å²) in [5, 5.41) is 10.4. The number of halogens is 2. The lowest BCUT2D eigenvalue weighted by molar-refractivity contribution is 0.0615. The van der Waals surface area contributed by atoms with E-state index in [1.807, 2.05) is 42.5 Å². The molecule has 0 spiro atoms. The Hall–Kier alpha value is -3.04. The number of nitrogens with zero attached hydrogens (tertiary/aromatic N) is 1. The number of carbonyl (C=O) groups is 1. The Balaban J connectivity index is 1.55. The summed E-state index contributed by atoms with van der Waals surface area (Å²) in [6, 6.07) is 7.67. The van der Waals surface area contributed by atoms with Gasteiger partial charge in [-0.15, -0.1) is 11.3 Å². The van der Waals surface area contributed by atoms with E-state index in [4.69, 9.17) is 4.74 Å². The molecule has 3 aromatic rings. The summed E-state index contributed by atoms with van der Waals surface area (Å²) in [6.45, 7) is 0.200. The van der Waals surface area contributed by atoms with Crippen LogP contribution in [0.5, 0.6) is 11.5 Å². The van der Waals surface area contributed by atoms with E-state index >= 15 is 0 Å². The van der Waals surface area contributed by atoms with Gasteiger partial charge in [0, 0.05) is 41.1 Å². The Morgan fingerprint density at radius 2 is 1.82 bits per heavy atom. The van der Waals surface area contributed by atoms with Crippen LogP contribution < -0.4 is 4.74 Å². The Kier molecular flexibility index (Phi) is 8.19. The molecule has 1 saturated carbocycles. The van der Waals surface area contributed by atoms with Crippen molar-refractivity contribution in [3.8, 4) is 11.5 Å². The lowest BCUT2D eigenvalue weighted by atomic mass is 9.90. The first-order valence-corrected chi connectivity index (χ1v) is 15.5.